The Labute approximate surface area is 109 Å². The van der Waals surface area contributed by atoms with Crippen molar-refractivity contribution in [1.82, 2.24) is 4.72 Å². The minimum atomic E-state index is -3.64. The summed E-state index contributed by atoms with van der Waals surface area (Å²) in [5.74, 6) is -4.36. The Kier molecular flexibility index (Phi) is 4.03. The Morgan fingerprint density at radius 2 is 2.28 bits per heavy atom. The van der Waals surface area contributed by atoms with Crippen LogP contribution >= 0.6 is 11.3 Å². The lowest BCUT2D eigenvalue weighted by Gasteiger charge is -2.18. The molecule has 1 aromatic heterocycles. The van der Waals surface area contributed by atoms with Crippen LogP contribution in [0.15, 0.2) is 17.5 Å². The minimum absolute atomic E-state index is 0.179. The fraction of sp³-hybridized carbons (Fsp3) is 0.636. The van der Waals surface area contributed by atoms with Gasteiger partial charge in [-0.1, -0.05) is 6.07 Å². The summed E-state index contributed by atoms with van der Waals surface area (Å²) in [7, 11) is -3.64. The molecule has 1 saturated carbocycles. The zero-order valence-corrected chi connectivity index (χ0v) is 11.4. The first-order valence-electron chi connectivity index (χ1n) is 5.77. The third kappa shape index (κ3) is 3.49. The Bertz CT molecular complexity index is 485. The van der Waals surface area contributed by atoms with Crippen LogP contribution in [0.25, 0.3) is 0 Å². The second-order valence-corrected chi connectivity index (χ2v) is 7.42. The monoisotopic (exact) mass is 295 g/mol. The van der Waals surface area contributed by atoms with Gasteiger partial charge in [-0.05, 0) is 24.3 Å². The van der Waals surface area contributed by atoms with Gasteiger partial charge >= 0.3 is 0 Å². The van der Waals surface area contributed by atoms with E-state index in [1.807, 2.05) is 11.4 Å². The van der Waals surface area contributed by atoms with Gasteiger partial charge in [0.1, 0.15) is 0 Å². The fourth-order valence-corrected chi connectivity index (χ4v) is 4.29. The highest BCUT2D eigenvalue weighted by molar-refractivity contribution is 7.89. The van der Waals surface area contributed by atoms with E-state index in [4.69, 9.17) is 0 Å². The maximum absolute atomic E-state index is 13.4. The number of rotatable bonds is 5. The van der Waals surface area contributed by atoms with Crippen LogP contribution < -0.4 is 4.72 Å². The standard InChI is InChI=1S/C11H15F2NO2S2/c12-11(13)5-1-3-9(11)8-18(15,16)14-7-10-4-2-6-17-10/h2,4,6,9,14H,1,3,5,7-8H2. The highest BCUT2D eigenvalue weighted by Gasteiger charge is 2.45. The van der Waals surface area contributed by atoms with Crippen LogP contribution in [0.3, 0.4) is 0 Å². The van der Waals surface area contributed by atoms with Crippen molar-refractivity contribution in [3.8, 4) is 0 Å². The molecule has 3 nitrogen and oxygen atoms in total. The lowest BCUT2D eigenvalue weighted by molar-refractivity contribution is -0.0288. The number of hydrogen-bond acceptors (Lipinski definition) is 3. The zero-order chi connectivity index (χ0) is 13.2. The molecule has 0 bridgehead atoms. The molecular weight excluding hydrogens is 280 g/mol. The molecule has 1 aliphatic carbocycles. The molecule has 0 radical (unpaired) electrons. The number of nitrogens with one attached hydrogen (secondary N) is 1. The highest BCUT2D eigenvalue weighted by Crippen LogP contribution is 2.40. The van der Waals surface area contributed by atoms with E-state index >= 15 is 0 Å². The van der Waals surface area contributed by atoms with Crippen molar-refractivity contribution < 1.29 is 17.2 Å². The molecule has 1 fully saturated rings. The summed E-state index contributed by atoms with van der Waals surface area (Å²) in [4.78, 5) is 0.872. The molecule has 1 atom stereocenters. The third-order valence-corrected chi connectivity index (χ3v) is 5.43. The van der Waals surface area contributed by atoms with E-state index < -0.39 is 27.6 Å². The topological polar surface area (TPSA) is 46.2 Å². The van der Waals surface area contributed by atoms with Crippen molar-refractivity contribution in [2.45, 2.75) is 31.7 Å². The van der Waals surface area contributed by atoms with Crippen LogP contribution in [-0.4, -0.2) is 20.1 Å². The Morgan fingerprint density at radius 3 is 2.83 bits per heavy atom. The van der Waals surface area contributed by atoms with Gasteiger partial charge in [0.05, 0.1) is 5.75 Å². The first kappa shape index (κ1) is 13.9. The maximum atomic E-state index is 13.4. The van der Waals surface area contributed by atoms with E-state index in [1.165, 1.54) is 11.3 Å². The molecule has 0 amide bonds. The van der Waals surface area contributed by atoms with Crippen LogP contribution in [0.2, 0.25) is 0 Å². The van der Waals surface area contributed by atoms with Crippen LogP contribution in [-0.2, 0) is 16.6 Å². The molecule has 1 aromatic rings. The van der Waals surface area contributed by atoms with Gasteiger partial charge in [-0.15, -0.1) is 11.3 Å². The number of alkyl halides is 2. The molecule has 0 spiro atoms. The van der Waals surface area contributed by atoms with E-state index in [-0.39, 0.29) is 19.4 Å². The second-order valence-electron chi connectivity index (χ2n) is 4.53. The van der Waals surface area contributed by atoms with Gasteiger partial charge in [-0.25, -0.2) is 21.9 Å². The number of hydrogen-bond donors (Lipinski definition) is 1. The third-order valence-electron chi connectivity index (χ3n) is 3.13. The first-order valence-corrected chi connectivity index (χ1v) is 8.30. The predicted octanol–water partition coefficient (Wildman–Crippen LogP) is 2.60. The van der Waals surface area contributed by atoms with Gasteiger partial charge in [0, 0.05) is 23.8 Å². The first-order chi connectivity index (χ1) is 8.39. The van der Waals surface area contributed by atoms with Crippen LogP contribution in [0.1, 0.15) is 24.1 Å². The van der Waals surface area contributed by atoms with E-state index in [9.17, 15) is 17.2 Å². The Morgan fingerprint density at radius 1 is 1.50 bits per heavy atom. The average Bonchev–Trinajstić information content (AvgIpc) is 2.86. The summed E-state index contributed by atoms with van der Waals surface area (Å²) < 4.78 is 52.6. The average molecular weight is 295 g/mol. The molecule has 7 heteroatoms. The molecule has 1 unspecified atom stereocenters. The normalized spacial score (nSPS) is 23.3. The van der Waals surface area contributed by atoms with Gasteiger partial charge in [-0.3, -0.25) is 0 Å². The van der Waals surface area contributed by atoms with Crippen molar-refractivity contribution in [2.75, 3.05) is 5.75 Å². The summed E-state index contributed by atoms with van der Waals surface area (Å²) in [6, 6.07) is 3.62. The summed E-state index contributed by atoms with van der Waals surface area (Å²) in [5.41, 5.74) is 0. The second kappa shape index (κ2) is 5.22. The van der Waals surface area contributed by atoms with Crippen molar-refractivity contribution >= 4 is 21.4 Å². The zero-order valence-electron chi connectivity index (χ0n) is 9.73. The van der Waals surface area contributed by atoms with Gasteiger partial charge in [0.15, 0.2) is 0 Å². The summed E-state index contributed by atoms with van der Waals surface area (Å²) in [6.07, 6.45) is 0.489. The molecule has 0 aliphatic heterocycles. The summed E-state index contributed by atoms with van der Waals surface area (Å²) in [5, 5.41) is 1.84. The molecule has 2 rings (SSSR count). The Balaban J connectivity index is 1.91. The largest absolute Gasteiger partial charge is 0.251 e. The molecule has 1 aliphatic rings. The van der Waals surface area contributed by atoms with Crippen molar-refractivity contribution in [3.05, 3.63) is 22.4 Å². The number of halogens is 2. The van der Waals surface area contributed by atoms with Crippen LogP contribution in [0, 0.1) is 5.92 Å². The molecular formula is C11H15F2NO2S2. The molecule has 0 saturated heterocycles. The molecule has 1 heterocycles. The SMILES string of the molecule is O=S(=O)(CC1CCCC1(F)F)NCc1cccs1. The van der Waals surface area contributed by atoms with Crippen LogP contribution in [0.4, 0.5) is 8.78 Å². The van der Waals surface area contributed by atoms with Crippen LogP contribution in [0.5, 0.6) is 0 Å². The Hall–Kier alpha value is -0.530. The smallest absolute Gasteiger partial charge is 0.212 e. The number of thiophene rings is 1. The van der Waals surface area contributed by atoms with E-state index in [2.05, 4.69) is 4.72 Å². The van der Waals surface area contributed by atoms with Crippen molar-refractivity contribution in [3.63, 3.8) is 0 Å². The van der Waals surface area contributed by atoms with Gasteiger partial charge in [-0.2, -0.15) is 0 Å². The maximum Gasteiger partial charge on any atom is 0.251 e. The molecule has 1 N–H and O–H groups in total. The lowest BCUT2D eigenvalue weighted by Crippen LogP contribution is -2.34. The predicted molar refractivity (Wildman–Crippen MR) is 67.2 cm³/mol. The highest BCUT2D eigenvalue weighted by atomic mass is 32.2. The molecule has 0 aromatic carbocycles. The molecule has 102 valence electrons. The number of sulfonamides is 1. The van der Waals surface area contributed by atoms with E-state index in [0.29, 0.717) is 6.42 Å². The van der Waals surface area contributed by atoms with Gasteiger partial charge in [0.25, 0.3) is 5.92 Å². The van der Waals surface area contributed by atoms with Gasteiger partial charge < -0.3 is 0 Å². The van der Waals surface area contributed by atoms with Crippen molar-refractivity contribution in [2.24, 2.45) is 5.92 Å². The lowest BCUT2D eigenvalue weighted by atomic mass is 10.1. The minimum Gasteiger partial charge on any atom is -0.212 e. The quantitative estimate of drug-likeness (QED) is 0.907. The van der Waals surface area contributed by atoms with E-state index in [0.717, 1.165) is 4.88 Å². The molecule has 18 heavy (non-hydrogen) atoms. The van der Waals surface area contributed by atoms with E-state index in [1.54, 1.807) is 6.07 Å². The summed E-state index contributed by atoms with van der Waals surface area (Å²) in [6.45, 7) is 0.179. The fourth-order valence-electron chi connectivity index (χ4n) is 2.12. The van der Waals surface area contributed by atoms with Gasteiger partial charge in [0.2, 0.25) is 10.0 Å². The summed E-state index contributed by atoms with van der Waals surface area (Å²) >= 11 is 1.43. The van der Waals surface area contributed by atoms with Crippen molar-refractivity contribution in [1.29, 1.82) is 0 Å².